The topological polar surface area (TPSA) is 87.8 Å². The Kier molecular flexibility index (Phi) is 4.87. The molecule has 2 heterocycles. The van der Waals surface area contributed by atoms with Crippen LogP contribution in [-0.4, -0.2) is 47.2 Å². The van der Waals surface area contributed by atoms with Crippen molar-refractivity contribution in [2.45, 2.75) is 19.1 Å². The number of ether oxygens (including phenoxy) is 5. The van der Waals surface area contributed by atoms with Gasteiger partial charge in [-0.1, -0.05) is 13.0 Å². The summed E-state index contributed by atoms with van der Waals surface area (Å²) in [6.45, 7) is 2.32. The number of hydrogen-bond acceptors (Lipinski definition) is 8. The SMILES string of the molecule is COc1cc2c(c(OC)c1OC)N(C)C(N)N=C2C(C)c1ccc2c(c1)OCO2. The molecule has 0 aliphatic carbocycles. The fourth-order valence-electron chi connectivity index (χ4n) is 3.80. The summed E-state index contributed by atoms with van der Waals surface area (Å²) in [6, 6.07) is 7.83. The predicted octanol–water partition coefficient (Wildman–Crippen LogP) is 2.73. The third-order valence-corrected chi connectivity index (χ3v) is 5.41. The molecule has 2 aliphatic heterocycles. The fraction of sp³-hybridized carbons (Fsp3) is 0.381. The Morgan fingerprint density at radius 2 is 1.79 bits per heavy atom. The zero-order valence-corrected chi connectivity index (χ0v) is 17.2. The van der Waals surface area contributed by atoms with Gasteiger partial charge in [-0.2, -0.15) is 0 Å². The molecule has 2 atom stereocenters. The number of nitrogens with two attached hydrogens (primary N) is 1. The highest BCUT2D eigenvalue weighted by molar-refractivity contribution is 6.12. The van der Waals surface area contributed by atoms with Crippen molar-refractivity contribution < 1.29 is 23.7 Å². The summed E-state index contributed by atoms with van der Waals surface area (Å²) in [5.41, 5.74) is 9.92. The zero-order valence-electron chi connectivity index (χ0n) is 17.2. The first-order valence-electron chi connectivity index (χ1n) is 9.29. The lowest BCUT2D eigenvalue weighted by atomic mass is 9.88. The molecule has 0 saturated heterocycles. The van der Waals surface area contributed by atoms with Crippen LogP contribution in [0.15, 0.2) is 29.3 Å². The highest BCUT2D eigenvalue weighted by atomic mass is 16.7. The summed E-state index contributed by atoms with van der Waals surface area (Å²) in [5, 5.41) is 0. The molecule has 0 saturated carbocycles. The molecule has 8 heteroatoms. The van der Waals surface area contributed by atoms with Crippen molar-refractivity contribution in [3.05, 3.63) is 35.4 Å². The second-order valence-electron chi connectivity index (χ2n) is 6.91. The Hall–Kier alpha value is -3.13. The molecule has 8 nitrogen and oxygen atoms in total. The highest BCUT2D eigenvalue weighted by Crippen LogP contribution is 2.49. The Morgan fingerprint density at radius 1 is 1.07 bits per heavy atom. The van der Waals surface area contributed by atoms with Crippen molar-refractivity contribution in [1.29, 1.82) is 0 Å². The lowest BCUT2D eigenvalue weighted by Gasteiger charge is -2.35. The molecule has 29 heavy (non-hydrogen) atoms. The number of fused-ring (bicyclic) bond motifs is 2. The fourth-order valence-corrected chi connectivity index (χ4v) is 3.80. The molecular formula is C21H25N3O5. The van der Waals surface area contributed by atoms with Gasteiger partial charge >= 0.3 is 0 Å². The van der Waals surface area contributed by atoms with E-state index in [9.17, 15) is 0 Å². The van der Waals surface area contributed by atoms with E-state index in [1.54, 1.807) is 21.3 Å². The molecule has 0 radical (unpaired) electrons. The molecule has 0 bridgehead atoms. The minimum Gasteiger partial charge on any atom is -0.493 e. The van der Waals surface area contributed by atoms with Gasteiger partial charge in [0.05, 0.1) is 32.7 Å². The van der Waals surface area contributed by atoms with Gasteiger partial charge in [0.25, 0.3) is 0 Å². The molecule has 0 amide bonds. The maximum atomic E-state index is 6.34. The number of benzene rings is 2. The molecule has 0 aromatic heterocycles. The van der Waals surface area contributed by atoms with E-state index in [1.807, 2.05) is 36.2 Å². The Labute approximate surface area is 169 Å². The number of methoxy groups -OCH3 is 3. The maximum Gasteiger partial charge on any atom is 0.231 e. The van der Waals surface area contributed by atoms with Gasteiger partial charge < -0.3 is 28.6 Å². The van der Waals surface area contributed by atoms with E-state index >= 15 is 0 Å². The molecule has 4 rings (SSSR count). The monoisotopic (exact) mass is 399 g/mol. The Bertz CT molecular complexity index is 975. The van der Waals surface area contributed by atoms with Gasteiger partial charge in [0.2, 0.25) is 12.5 Å². The van der Waals surface area contributed by atoms with Crippen LogP contribution in [0.1, 0.15) is 24.0 Å². The van der Waals surface area contributed by atoms with Crippen LogP contribution in [0, 0.1) is 0 Å². The first-order valence-corrected chi connectivity index (χ1v) is 9.29. The third kappa shape index (κ3) is 3.00. The van der Waals surface area contributed by atoms with Crippen molar-refractivity contribution in [2.75, 3.05) is 40.1 Å². The quantitative estimate of drug-likeness (QED) is 0.827. The molecule has 0 fully saturated rings. The summed E-state index contributed by atoms with van der Waals surface area (Å²) < 4.78 is 27.8. The summed E-state index contributed by atoms with van der Waals surface area (Å²) in [4.78, 5) is 6.64. The zero-order chi connectivity index (χ0) is 20.7. The van der Waals surface area contributed by atoms with Gasteiger partial charge in [-0.15, -0.1) is 0 Å². The van der Waals surface area contributed by atoms with Crippen LogP contribution in [-0.2, 0) is 0 Å². The number of anilines is 1. The normalized spacial score (nSPS) is 18.1. The van der Waals surface area contributed by atoms with Gasteiger partial charge in [0.15, 0.2) is 29.3 Å². The molecule has 0 spiro atoms. The van der Waals surface area contributed by atoms with Gasteiger partial charge in [-0.3, -0.25) is 5.73 Å². The lowest BCUT2D eigenvalue weighted by molar-refractivity contribution is 0.174. The second-order valence-corrected chi connectivity index (χ2v) is 6.91. The summed E-state index contributed by atoms with van der Waals surface area (Å²) >= 11 is 0. The van der Waals surface area contributed by atoms with E-state index in [-0.39, 0.29) is 12.7 Å². The van der Waals surface area contributed by atoms with Crippen LogP contribution in [0.25, 0.3) is 0 Å². The standard InChI is InChI=1S/C21H25N3O5/c1-11(12-6-7-14-15(8-12)29-10-28-14)17-13-9-16(25-3)19(26-4)20(27-5)18(13)24(2)21(22)23-17/h6-9,11,21H,10,22H2,1-5H3. The molecule has 2 N–H and O–H groups in total. The average Bonchev–Trinajstić information content (AvgIpc) is 3.21. The van der Waals surface area contributed by atoms with E-state index in [0.717, 1.165) is 34.0 Å². The van der Waals surface area contributed by atoms with Crippen LogP contribution >= 0.6 is 0 Å². The van der Waals surface area contributed by atoms with Gasteiger partial charge in [-0.05, 0) is 23.8 Å². The van der Waals surface area contributed by atoms with E-state index in [2.05, 4.69) is 6.92 Å². The molecular weight excluding hydrogens is 374 g/mol. The minimum absolute atomic E-state index is 0.0502. The molecule has 2 aromatic carbocycles. The highest BCUT2D eigenvalue weighted by Gasteiger charge is 2.33. The van der Waals surface area contributed by atoms with E-state index in [1.165, 1.54) is 0 Å². The van der Waals surface area contributed by atoms with Crippen LogP contribution in [0.5, 0.6) is 28.7 Å². The average molecular weight is 399 g/mol. The van der Waals surface area contributed by atoms with Gasteiger partial charge in [-0.25, -0.2) is 4.99 Å². The second kappa shape index (κ2) is 7.36. The first-order chi connectivity index (χ1) is 14.0. The van der Waals surface area contributed by atoms with E-state index in [4.69, 9.17) is 34.4 Å². The van der Waals surface area contributed by atoms with Crippen molar-refractivity contribution in [2.24, 2.45) is 10.7 Å². The van der Waals surface area contributed by atoms with Crippen molar-refractivity contribution in [3.63, 3.8) is 0 Å². The van der Waals surface area contributed by atoms with E-state index < -0.39 is 6.29 Å². The van der Waals surface area contributed by atoms with Crippen molar-refractivity contribution in [1.82, 2.24) is 0 Å². The van der Waals surface area contributed by atoms with Crippen molar-refractivity contribution in [3.8, 4) is 28.7 Å². The maximum absolute atomic E-state index is 6.34. The lowest BCUT2D eigenvalue weighted by Crippen LogP contribution is -2.43. The Morgan fingerprint density at radius 3 is 2.48 bits per heavy atom. The largest absolute Gasteiger partial charge is 0.493 e. The van der Waals surface area contributed by atoms with Crippen LogP contribution in [0.2, 0.25) is 0 Å². The number of rotatable bonds is 5. The third-order valence-electron chi connectivity index (χ3n) is 5.41. The smallest absolute Gasteiger partial charge is 0.231 e. The van der Waals surface area contributed by atoms with Gasteiger partial charge in [0.1, 0.15) is 0 Å². The van der Waals surface area contributed by atoms with Gasteiger partial charge in [0, 0.05) is 18.5 Å². The van der Waals surface area contributed by atoms with Crippen LogP contribution < -0.4 is 34.3 Å². The summed E-state index contributed by atoms with van der Waals surface area (Å²) in [6.07, 6.45) is -0.555. The summed E-state index contributed by atoms with van der Waals surface area (Å²) in [7, 11) is 6.66. The number of nitrogens with zero attached hydrogens (tertiary/aromatic N) is 2. The summed E-state index contributed by atoms with van der Waals surface area (Å²) in [5.74, 6) is 3.08. The van der Waals surface area contributed by atoms with Crippen LogP contribution in [0.4, 0.5) is 5.69 Å². The van der Waals surface area contributed by atoms with E-state index in [0.29, 0.717) is 17.2 Å². The molecule has 2 unspecified atom stereocenters. The number of aliphatic imine (C=N–C) groups is 1. The molecule has 154 valence electrons. The Balaban J connectivity index is 1.87. The number of hydrogen-bond donors (Lipinski definition) is 1. The van der Waals surface area contributed by atoms with Crippen molar-refractivity contribution >= 4 is 11.4 Å². The molecule has 2 aliphatic rings. The first kappa shape index (κ1) is 19.2. The predicted molar refractivity (Wildman–Crippen MR) is 110 cm³/mol. The van der Waals surface area contributed by atoms with Crippen LogP contribution in [0.3, 0.4) is 0 Å². The molecule has 2 aromatic rings. The minimum atomic E-state index is -0.555.